The van der Waals surface area contributed by atoms with Gasteiger partial charge in [-0.3, -0.25) is 14.4 Å². The van der Waals surface area contributed by atoms with Crippen LogP contribution in [0.3, 0.4) is 0 Å². The molecule has 0 aliphatic carbocycles. The average Bonchev–Trinajstić information content (AvgIpc) is 3.28. The molecular weight excluding hydrogens is 312 g/mol. The van der Waals surface area contributed by atoms with Gasteiger partial charge in [-0.2, -0.15) is 10.1 Å². The first-order chi connectivity index (χ1) is 11.7. The van der Waals surface area contributed by atoms with E-state index in [9.17, 15) is 4.79 Å². The van der Waals surface area contributed by atoms with Crippen molar-refractivity contribution in [1.29, 1.82) is 0 Å². The predicted molar refractivity (Wildman–Crippen MR) is 82.8 cm³/mol. The molecule has 0 aromatic carbocycles. The molecule has 0 N–H and O–H groups in total. The van der Waals surface area contributed by atoms with Crippen LogP contribution in [0.25, 0.3) is 11.6 Å². The Kier molecular flexibility index (Phi) is 3.62. The Hall–Kier alpha value is -2.94. The van der Waals surface area contributed by atoms with Crippen LogP contribution in [0.15, 0.2) is 39.7 Å². The molecule has 1 aliphatic heterocycles. The number of aromatic nitrogens is 4. The van der Waals surface area contributed by atoms with E-state index in [1.165, 1.54) is 0 Å². The fourth-order valence-corrected chi connectivity index (χ4v) is 2.69. The van der Waals surface area contributed by atoms with Gasteiger partial charge >= 0.3 is 0 Å². The summed E-state index contributed by atoms with van der Waals surface area (Å²) in [5, 5.41) is 8.00. The minimum Gasteiger partial charge on any atom is -0.461 e. The largest absolute Gasteiger partial charge is 0.461 e. The Bertz CT molecular complexity index is 837. The third-order valence-corrected chi connectivity index (χ3v) is 3.87. The van der Waals surface area contributed by atoms with Crippen molar-refractivity contribution in [1.82, 2.24) is 24.8 Å². The van der Waals surface area contributed by atoms with Crippen LogP contribution >= 0.6 is 0 Å². The number of hydrogen-bond acceptors (Lipinski definition) is 7. The summed E-state index contributed by atoms with van der Waals surface area (Å²) >= 11 is 0. The summed E-state index contributed by atoms with van der Waals surface area (Å²) in [7, 11) is 1.83. The Balaban J connectivity index is 1.40. The molecule has 1 aliphatic rings. The van der Waals surface area contributed by atoms with Crippen LogP contribution in [0.2, 0.25) is 0 Å². The van der Waals surface area contributed by atoms with Gasteiger partial charge in [-0.05, 0) is 12.1 Å². The zero-order chi connectivity index (χ0) is 16.5. The normalized spacial score (nSPS) is 16.0. The summed E-state index contributed by atoms with van der Waals surface area (Å²) < 4.78 is 12.2. The minimum atomic E-state index is 0.0278. The highest BCUT2D eigenvalue weighted by Crippen LogP contribution is 2.19. The van der Waals surface area contributed by atoms with Gasteiger partial charge < -0.3 is 13.8 Å². The highest BCUT2D eigenvalue weighted by molar-refractivity contribution is 5.95. The lowest BCUT2D eigenvalue weighted by molar-refractivity contribution is -0.121. The van der Waals surface area contributed by atoms with Crippen molar-refractivity contribution in [2.45, 2.75) is 6.54 Å². The van der Waals surface area contributed by atoms with Gasteiger partial charge in [0.2, 0.25) is 17.6 Å². The maximum Gasteiger partial charge on any atom is 0.241 e. The van der Waals surface area contributed by atoms with E-state index in [1.54, 1.807) is 34.2 Å². The molecular formula is C15H16N6O3. The first kappa shape index (κ1) is 14.6. The fourth-order valence-electron chi connectivity index (χ4n) is 2.69. The van der Waals surface area contributed by atoms with Crippen LogP contribution in [0, 0.1) is 0 Å². The average molecular weight is 328 g/mol. The molecule has 9 nitrogen and oxygen atoms in total. The van der Waals surface area contributed by atoms with E-state index in [1.807, 2.05) is 18.1 Å². The molecule has 0 bridgehead atoms. The molecule has 9 heteroatoms. The molecule has 0 spiro atoms. The number of aryl methyl sites for hydroxylation is 1. The monoisotopic (exact) mass is 328 g/mol. The van der Waals surface area contributed by atoms with Gasteiger partial charge in [-0.15, -0.1) is 0 Å². The second kappa shape index (κ2) is 5.93. The van der Waals surface area contributed by atoms with E-state index in [4.69, 9.17) is 8.94 Å². The number of rotatable bonds is 4. The Morgan fingerprint density at radius 1 is 1.33 bits per heavy atom. The fraction of sp³-hybridized carbons (Fsp3) is 0.333. The zero-order valence-electron chi connectivity index (χ0n) is 13.1. The van der Waals surface area contributed by atoms with Crippen LogP contribution in [0.5, 0.6) is 0 Å². The zero-order valence-corrected chi connectivity index (χ0v) is 13.1. The van der Waals surface area contributed by atoms with E-state index >= 15 is 0 Å². The Labute approximate surface area is 137 Å². The van der Waals surface area contributed by atoms with Crippen LogP contribution in [-0.4, -0.2) is 50.4 Å². The van der Waals surface area contributed by atoms with Crippen LogP contribution < -0.4 is 4.90 Å². The molecule has 3 aromatic rings. The summed E-state index contributed by atoms with van der Waals surface area (Å²) in [5.41, 5.74) is 0.819. The first-order valence-electron chi connectivity index (χ1n) is 7.57. The van der Waals surface area contributed by atoms with Gasteiger partial charge in [-0.25, -0.2) is 0 Å². The van der Waals surface area contributed by atoms with Crippen molar-refractivity contribution in [3.05, 3.63) is 36.7 Å². The third kappa shape index (κ3) is 2.81. The molecule has 0 unspecified atom stereocenters. The van der Waals surface area contributed by atoms with E-state index < -0.39 is 0 Å². The summed E-state index contributed by atoms with van der Waals surface area (Å²) in [6, 6.07) is 3.53. The van der Waals surface area contributed by atoms with Gasteiger partial charge in [0, 0.05) is 26.3 Å². The van der Waals surface area contributed by atoms with Crippen molar-refractivity contribution >= 4 is 11.6 Å². The van der Waals surface area contributed by atoms with Crippen LogP contribution in [0.1, 0.15) is 5.89 Å². The van der Waals surface area contributed by atoms with Crippen molar-refractivity contribution in [3.8, 4) is 11.6 Å². The smallest absolute Gasteiger partial charge is 0.241 e. The van der Waals surface area contributed by atoms with Crippen LogP contribution in [-0.2, 0) is 18.4 Å². The first-order valence-corrected chi connectivity index (χ1v) is 7.57. The SMILES string of the molecule is Cn1cc(N2CCN(Cc3nc(-c4ccco4)no3)CC2=O)cn1. The van der Waals surface area contributed by atoms with E-state index in [0.29, 0.717) is 37.1 Å². The Morgan fingerprint density at radius 2 is 2.25 bits per heavy atom. The molecule has 1 saturated heterocycles. The van der Waals surface area contributed by atoms with Gasteiger partial charge in [0.15, 0.2) is 5.76 Å². The predicted octanol–water partition coefficient (Wildman–Crippen LogP) is 0.912. The third-order valence-electron chi connectivity index (χ3n) is 3.87. The highest BCUT2D eigenvalue weighted by Gasteiger charge is 2.27. The molecule has 3 aromatic heterocycles. The highest BCUT2D eigenvalue weighted by atomic mass is 16.5. The van der Waals surface area contributed by atoms with E-state index in [2.05, 4.69) is 15.2 Å². The summed E-state index contributed by atoms with van der Waals surface area (Å²) in [4.78, 5) is 20.4. The number of piperazine rings is 1. The van der Waals surface area contributed by atoms with Crippen LogP contribution in [0.4, 0.5) is 5.69 Å². The van der Waals surface area contributed by atoms with Crippen molar-refractivity contribution in [2.75, 3.05) is 24.5 Å². The summed E-state index contributed by atoms with van der Waals surface area (Å²) in [5.74, 6) is 1.46. The number of anilines is 1. The summed E-state index contributed by atoms with van der Waals surface area (Å²) in [6.45, 7) is 2.05. The van der Waals surface area contributed by atoms with E-state index in [-0.39, 0.29) is 5.91 Å². The van der Waals surface area contributed by atoms with Crippen molar-refractivity contribution in [3.63, 3.8) is 0 Å². The van der Waals surface area contributed by atoms with Crippen molar-refractivity contribution in [2.24, 2.45) is 7.05 Å². The van der Waals surface area contributed by atoms with Gasteiger partial charge in [-0.1, -0.05) is 5.16 Å². The number of hydrogen-bond donors (Lipinski definition) is 0. The lowest BCUT2D eigenvalue weighted by Crippen LogP contribution is -2.50. The number of amides is 1. The minimum absolute atomic E-state index is 0.0278. The molecule has 0 atom stereocenters. The topological polar surface area (TPSA) is 93.4 Å². The molecule has 1 amide bonds. The number of furan rings is 1. The van der Waals surface area contributed by atoms with Crippen molar-refractivity contribution < 1.29 is 13.7 Å². The standard InChI is InChI=1S/C15H16N6O3/c1-19-8-11(7-16-19)21-5-4-20(10-14(21)22)9-13-17-15(18-24-13)12-3-2-6-23-12/h2-3,6-8H,4-5,9-10H2,1H3. The van der Waals surface area contributed by atoms with Gasteiger partial charge in [0.05, 0.1) is 31.2 Å². The van der Waals surface area contributed by atoms with Gasteiger partial charge in [0.25, 0.3) is 0 Å². The number of carbonyl (C=O) groups is 1. The van der Waals surface area contributed by atoms with Gasteiger partial charge in [0.1, 0.15) is 0 Å². The maximum absolute atomic E-state index is 12.4. The maximum atomic E-state index is 12.4. The number of carbonyl (C=O) groups excluding carboxylic acids is 1. The number of nitrogens with zero attached hydrogens (tertiary/aromatic N) is 6. The molecule has 0 radical (unpaired) electrons. The molecule has 24 heavy (non-hydrogen) atoms. The molecule has 124 valence electrons. The lowest BCUT2D eigenvalue weighted by atomic mass is 10.3. The quantitative estimate of drug-likeness (QED) is 0.702. The molecule has 4 heterocycles. The summed E-state index contributed by atoms with van der Waals surface area (Å²) in [6.07, 6.45) is 5.09. The second-order valence-electron chi connectivity index (χ2n) is 5.62. The molecule has 4 rings (SSSR count). The Morgan fingerprint density at radius 3 is 2.96 bits per heavy atom. The lowest BCUT2D eigenvalue weighted by Gasteiger charge is -2.32. The van der Waals surface area contributed by atoms with E-state index in [0.717, 1.165) is 12.2 Å². The second-order valence-corrected chi connectivity index (χ2v) is 5.62. The molecule has 0 saturated carbocycles. The molecule has 1 fully saturated rings.